The van der Waals surface area contributed by atoms with Crippen molar-refractivity contribution in [2.75, 3.05) is 18.7 Å². The lowest BCUT2D eigenvalue weighted by Gasteiger charge is -2.11. The smallest absolute Gasteiger partial charge is 0.337 e. The molecule has 3 aromatic rings. The van der Waals surface area contributed by atoms with E-state index < -0.39 is 5.97 Å². The van der Waals surface area contributed by atoms with E-state index in [1.165, 1.54) is 13.3 Å². The zero-order valence-electron chi connectivity index (χ0n) is 15.5. The molecule has 0 bridgehead atoms. The maximum absolute atomic E-state index is 12.6. The number of anilines is 1. The molecule has 0 spiro atoms. The molecule has 29 heavy (non-hydrogen) atoms. The van der Waals surface area contributed by atoms with Crippen molar-refractivity contribution >= 4 is 52.5 Å². The van der Waals surface area contributed by atoms with E-state index in [-0.39, 0.29) is 5.91 Å². The average Bonchev–Trinajstić information content (AvgIpc) is 2.74. The van der Waals surface area contributed by atoms with Crippen molar-refractivity contribution in [1.29, 1.82) is 0 Å². The fourth-order valence-corrected chi connectivity index (χ4v) is 3.61. The second-order valence-electron chi connectivity index (χ2n) is 5.92. The van der Waals surface area contributed by atoms with E-state index in [9.17, 15) is 9.59 Å². The van der Waals surface area contributed by atoms with Crippen molar-refractivity contribution in [3.63, 3.8) is 0 Å². The number of hydrogen-bond donors (Lipinski definition) is 1. The van der Waals surface area contributed by atoms with E-state index >= 15 is 0 Å². The van der Waals surface area contributed by atoms with Gasteiger partial charge in [-0.05, 0) is 54.8 Å². The maximum atomic E-state index is 12.6. The van der Waals surface area contributed by atoms with Crippen molar-refractivity contribution in [2.24, 2.45) is 0 Å². The van der Waals surface area contributed by atoms with E-state index in [1.54, 1.807) is 54.2 Å². The summed E-state index contributed by atoms with van der Waals surface area (Å²) >= 11 is 14.1. The molecule has 8 heteroatoms. The van der Waals surface area contributed by atoms with Crippen LogP contribution in [0.3, 0.4) is 0 Å². The number of amides is 1. The molecule has 0 aliphatic carbocycles. The van der Waals surface area contributed by atoms with Gasteiger partial charge in [0.05, 0.1) is 34.0 Å². The van der Waals surface area contributed by atoms with Crippen LogP contribution in [0.2, 0.25) is 10.0 Å². The first kappa shape index (κ1) is 21.2. The van der Waals surface area contributed by atoms with Crippen molar-refractivity contribution in [2.45, 2.75) is 4.90 Å². The van der Waals surface area contributed by atoms with Crippen molar-refractivity contribution in [1.82, 2.24) is 4.98 Å². The van der Waals surface area contributed by atoms with Crippen molar-refractivity contribution in [3.05, 3.63) is 75.9 Å². The first-order chi connectivity index (χ1) is 13.9. The number of ether oxygens (including phenoxy) is 1. The molecule has 0 radical (unpaired) electrons. The summed E-state index contributed by atoms with van der Waals surface area (Å²) in [6.07, 6.45) is 3.43. The van der Waals surface area contributed by atoms with Crippen LogP contribution in [0.15, 0.2) is 59.6 Å². The third-order valence-corrected chi connectivity index (χ3v) is 5.47. The number of halogens is 2. The van der Waals surface area contributed by atoms with E-state index in [1.807, 2.05) is 12.3 Å². The fourth-order valence-electron chi connectivity index (χ4n) is 2.63. The van der Waals surface area contributed by atoms with Crippen LogP contribution in [0.4, 0.5) is 5.69 Å². The standard InChI is InChI=1S/C21H16Cl2N2O3S/c1-28-21(27)12-7-8-24-19(9-12)16-10-13(3-6-17(16)22)25-20(26)15-5-4-14(29-2)11-18(15)23/h3-11H,1-2H3,(H,25,26). The number of carbonyl (C=O) groups is 2. The van der Waals surface area contributed by atoms with E-state index in [2.05, 4.69) is 10.3 Å². The minimum absolute atomic E-state index is 0.341. The molecule has 1 aromatic heterocycles. The molecule has 1 heterocycles. The van der Waals surface area contributed by atoms with Gasteiger partial charge in [-0.2, -0.15) is 0 Å². The number of nitrogens with zero attached hydrogens (tertiary/aromatic N) is 1. The highest BCUT2D eigenvalue weighted by atomic mass is 35.5. The summed E-state index contributed by atoms with van der Waals surface area (Å²) in [6, 6.07) is 13.4. The highest BCUT2D eigenvalue weighted by Gasteiger charge is 2.14. The van der Waals surface area contributed by atoms with E-state index in [0.29, 0.717) is 38.1 Å². The van der Waals surface area contributed by atoms with Gasteiger partial charge < -0.3 is 10.1 Å². The van der Waals surface area contributed by atoms with Crippen LogP contribution in [-0.4, -0.2) is 30.2 Å². The molecule has 0 fully saturated rings. The highest BCUT2D eigenvalue weighted by molar-refractivity contribution is 7.98. The van der Waals surface area contributed by atoms with Gasteiger partial charge in [0.1, 0.15) is 0 Å². The Morgan fingerprint density at radius 2 is 1.83 bits per heavy atom. The summed E-state index contributed by atoms with van der Waals surface area (Å²) in [6.45, 7) is 0. The zero-order chi connectivity index (χ0) is 21.0. The van der Waals surface area contributed by atoms with Gasteiger partial charge in [0.25, 0.3) is 5.91 Å². The summed E-state index contributed by atoms with van der Waals surface area (Å²) in [5, 5.41) is 3.62. The van der Waals surface area contributed by atoms with E-state index in [4.69, 9.17) is 27.9 Å². The Labute approximate surface area is 182 Å². The quantitative estimate of drug-likeness (QED) is 0.395. The first-order valence-corrected chi connectivity index (χ1v) is 10.4. The molecule has 1 N–H and O–H groups in total. The number of pyridine rings is 1. The third-order valence-electron chi connectivity index (χ3n) is 4.10. The Kier molecular flexibility index (Phi) is 6.79. The number of thioether (sulfide) groups is 1. The maximum Gasteiger partial charge on any atom is 0.337 e. The van der Waals surface area contributed by atoms with Gasteiger partial charge in [-0.15, -0.1) is 11.8 Å². The van der Waals surface area contributed by atoms with Crippen LogP contribution >= 0.6 is 35.0 Å². The SMILES string of the molecule is COC(=O)c1ccnc(-c2cc(NC(=O)c3ccc(SC)cc3Cl)ccc2Cl)c1. The zero-order valence-corrected chi connectivity index (χ0v) is 17.9. The van der Waals surface area contributed by atoms with Crippen LogP contribution in [0.25, 0.3) is 11.3 Å². The molecule has 1 amide bonds. The molecule has 0 unspecified atom stereocenters. The Morgan fingerprint density at radius 3 is 2.52 bits per heavy atom. The lowest BCUT2D eigenvalue weighted by molar-refractivity contribution is 0.0600. The topological polar surface area (TPSA) is 68.3 Å². The van der Waals surface area contributed by atoms with Crippen LogP contribution in [0.1, 0.15) is 20.7 Å². The number of benzene rings is 2. The highest BCUT2D eigenvalue weighted by Crippen LogP contribution is 2.31. The lowest BCUT2D eigenvalue weighted by atomic mass is 10.1. The van der Waals surface area contributed by atoms with Gasteiger partial charge >= 0.3 is 5.97 Å². The Balaban J connectivity index is 1.90. The van der Waals surface area contributed by atoms with E-state index in [0.717, 1.165) is 4.90 Å². The number of methoxy groups -OCH3 is 1. The number of aromatic nitrogens is 1. The molecule has 0 atom stereocenters. The van der Waals surface area contributed by atoms with Gasteiger partial charge in [-0.25, -0.2) is 4.79 Å². The van der Waals surface area contributed by atoms with Crippen LogP contribution in [-0.2, 0) is 4.74 Å². The Hall–Kier alpha value is -2.54. The Morgan fingerprint density at radius 1 is 1.03 bits per heavy atom. The number of hydrogen-bond acceptors (Lipinski definition) is 5. The van der Waals surface area contributed by atoms with Gasteiger partial charge in [0.15, 0.2) is 0 Å². The van der Waals surface area contributed by atoms with Crippen LogP contribution in [0.5, 0.6) is 0 Å². The van der Waals surface area contributed by atoms with Gasteiger partial charge in [0.2, 0.25) is 0 Å². The summed E-state index contributed by atoms with van der Waals surface area (Å²) in [5.74, 6) is -0.815. The predicted octanol–water partition coefficient (Wildman–Crippen LogP) is 5.82. The number of carbonyl (C=O) groups excluding carboxylic acids is 2. The first-order valence-electron chi connectivity index (χ1n) is 8.42. The molecular formula is C21H16Cl2N2O3S. The second-order valence-corrected chi connectivity index (χ2v) is 7.61. The summed E-state index contributed by atoms with van der Waals surface area (Å²) in [5.41, 5.74) is 2.29. The molecule has 3 rings (SSSR count). The number of rotatable bonds is 5. The predicted molar refractivity (Wildman–Crippen MR) is 117 cm³/mol. The van der Waals surface area contributed by atoms with Crippen molar-refractivity contribution in [3.8, 4) is 11.3 Å². The van der Waals surface area contributed by atoms with Crippen LogP contribution in [0, 0.1) is 0 Å². The molecule has 148 valence electrons. The molecular weight excluding hydrogens is 431 g/mol. The minimum Gasteiger partial charge on any atom is -0.465 e. The summed E-state index contributed by atoms with van der Waals surface area (Å²) < 4.78 is 4.74. The average molecular weight is 447 g/mol. The number of nitrogens with one attached hydrogen (secondary N) is 1. The summed E-state index contributed by atoms with van der Waals surface area (Å²) in [7, 11) is 1.31. The molecule has 0 saturated heterocycles. The third kappa shape index (κ3) is 4.90. The second kappa shape index (κ2) is 9.31. The monoisotopic (exact) mass is 446 g/mol. The normalized spacial score (nSPS) is 10.5. The van der Waals surface area contributed by atoms with Crippen LogP contribution < -0.4 is 5.32 Å². The minimum atomic E-state index is -0.474. The largest absolute Gasteiger partial charge is 0.465 e. The molecule has 5 nitrogen and oxygen atoms in total. The van der Waals surface area contributed by atoms with Crippen molar-refractivity contribution < 1.29 is 14.3 Å². The molecule has 2 aromatic carbocycles. The van der Waals surface area contributed by atoms with Gasteiger partial charge in [-0.1, -0.05) is 23.2 Å². The molecule has 0 saturated carbocycles. The molecule has 0 aliphatic rings. The summed E-state index contributed by atoms with van der Waals surface area (Å²) in [4.78, 5) is 29.7. The van der Waals surface area contributed by atoms with Gasteiger partial charge in [0, 0.05) is 22.3 Å². The Bertz CT molecular complexity index is 1090. The lowest BCUT2D eigenvalue weighted by Crippen LogP contribution is -2.12. The number of esters is 1. The molecule has 0 aliphatic heterocycles. The fraction of sp³-hybridized carbons (Fsp3) is 0.0952. The van der Waals surface area contributed by atoms with Gasteiger partial charge in [-0.3, -0.25) is 9.78 Å².